The zero-order chi connectivity index (χ0) is 22.6. The maximum absolute atomic E-state index is 13.3. The molecule has 1 N–H and O–H groups in total. The summed E-state index contributed by atoms with van der Waals surface area (Å²) in [7, 11) is 0. The van der Waals surface area contributed by atoms with E-state index < -0.39 is 11.5 Å². The summed E-state index contributed by atoms with van der Waals surface area (Å²) in [5.41, 5.74) is 1.42. The average molecular weight is 540 g/mol. The Labute approximate surface area is 198 Å². The first kappa shape index (κ1) is 21.0. The lowest BCUT2D eigenvalue weighted by Crippen LogP contribution is -2.35. The molecule has 5 rings (SSSR count). The van der Waals surface area contributed by atoms with Crippen molar-refractivity contribution in [2.24, 2.45) is 5.41 Å². The number of halogens is 1. The van der Waals surface area contributed by atoms with E-state index in [1.807, 2.05) is 50.2 Å². The van der Waals surface area contributed by atoms with Crippen LogP contribution in [-0.2, 0) is 4.79 Å². The minimum absolute atomic E-state index is 0.0446. The van der Waals surface area contributed by atoms with Crippen molar-refractivity contribution in [2.45, 2.75) is 32.6 Å². The van der Waals surface area contributed by atoms with Gasteiger partial charge in [-0.25, -0.2) is 4.79 Å². The fourth-order valence-electron chi connectivity index (χ4n) is 4.63. The summed E-state index contributed by atoms with van der Waals surface area (Å²) < 4.78 is 12.8. The molecular formula is C26H21IO5. The Bertz CT molecular complexity index is 1330. The van der Waals surface area contributed by atoms with Gasteiger partial charge in [-0.05, 0) is 45.7 Å². The Morgan fingerprint density at radius 1 is 1.03 bits per heavy atom. The van der Waals surface area contributed by atoms with Crippen LogP contribution in [0.4, 0.5) is 0 Å². The van der Waals surface area contributed by atoms with Gasteiger partial charge in [-0.3, -0.25) is 4.79 Å². The number of phenolic OH excluding ortho intramolecular Hbond substituents is 1. The van der Waals surface area contributed by atoms with Gasteiger partial charge in [-0.2, -0.15) is 0 Å². The van der Waals surface area contributed by atoms with Crippen LogP contribution in [0.2, 0.25) is 0 Å². The predicted molar refractivity (Wildman–Crippen MR) is 129 cm³/mol. The fraction of sp³-hybridized carbons (Fsp3) is 0.231. The molecule has 0 bridgehead atoms. The highest BCUT2D eigenvalue weighted by Gasteiger charge is 2.44. The van der Waals surface area contributed by atoms with E-state index >= 15 is 0 Å². The number of Topliss-reactive ketones (excluding diaryl/α,β-unsaturated/α-hetero) is 1. The molecule has 6 heteroatoms. The lowest BCUT2D eigenvalue weighted by molar-refractivity contribution is -0.118. The zero-order valence-corrected chi connectivity index (χ0v) is 19.8. The summed E-state index contributed by atoms with van der Waals surface area (Å²) in [6.07, 6.45) is 0.949. The van der Waals surface area contributed by atoms with E-state index in [4.69, 9.17) is 9.15 Å². The molecule has 2 heterocycles. The van der Waals surface area contributed by atoms with Crippen molar-refractivity contribution >= 4 is 28.4 Å². The second kappa shape index (κ2) is 7.62. The van der Waals surface area contributed by atoms with Gasteiger partial charge in [-0.15, -0.1) is 0 Å². The predicted octanol–water partition coefficient (Wildman–Crippen LogP) is 5.78. The van der Waals surface area contributed by atoms with Gasteiger partial charge in [0.25, 0.3) is 0 Å². The van der Waals surface area contributed by atoms with Crippen LogP contribution in [0.1, 0.15) is 43.7 Å². The number of ketones is 1. The van der Waals surface area contributed by atoms with Crippen LogP contribution in [0.15, 0.2) is 75.1 Å². The quantitative estimate of drug-likeness (QED) is 0.417. The standard InChI is InChI=1S/C26H21IO5/c1-26(2)12-17(29)20-18(13-26)31-24-21(19(20)15-9-6-10-16(28)11-15)25(30)32-23(22(24)27)14-7-4-3-5-8-14/h3-11,19,28H,12-13H2,1-2H3. The van der Waals surface area contributed by atoms with E-state index in [2.05, 4.69) is 22.6 Å². The molecular weight excluding hydrogens is 519 g/mol. The summed E-state index contributed by atoms with van der Waals surface area (Å²) in [6, 6.07) is 16.1. The Balaban J connectivity index is 1.80. The molecule has 32 heavy (non-hydrogen) atoms. The van der Waals surface area contributed by atoms with Gasteiger partial charge in [0.1, 0.15) is 11.5 Å². The molecule has 0 saturated carbocycles. The van der Waals surface area contributed by atoms with Crippen molar-refractivity contribution in [2.75, 3.05) is 0 Å². The second-order valence-electron chi connectivity index (χ2n) is 9.05. The van der Waals surface area contributed by atoms with Crippen molar-refractivity contribution in [3.8, 4) is 22.8 Å². The first-order valence-electron chi connectivity index (χ1n) is 10.4. The molecule has 162 valence electrons. The second-order valence-corrected chi connectivity index (χ2v) is 10.1. The largest absolute Gasteiger partial charge is 0.508 e. The Hall–Kier alpha value is -2.87. The van der Waals surface area contributed by atoms with Gasteiger partial charge in [-0.1, -0.05) is 56.3 Å². The third-order valence-electron chi connectivity index (χ3n) is 5.98. The van der Waals surface area contributed by atoms with E-state index in [1.54, 1.807) is 18.2 Å². The van der Waals surface area contributed by atoms with Crippen LogP contribution in [0.25, 0.3) is 11.3 Å². The Morgan fingerprint density at radius 2 is 1.78 bits per heavy atom. The molecule has 5 nitrogen and oxygen atoms in total. The monoisotopic (exact) mass is 540 g/mol. The average Bonchev–Trinajstić information content (AvgIpc) is 2.74. The van der Waals surface area contributed by atoms with E-state index in [-0.39, 0.29) is 16.9 Å². The number of hydrogen-bond acceptors (Lipinski definition) is 5. The van der Waals surface area contributed by atoms with E-state index in [0.717, 1.165) is 5.56 Å². The molecule has 0 fully saturated rings. The van der Waals surface area contributed by atoms with Crippen LogP contribution in [0.3, 0.4) is 0 Å². The number of ether oxygens (including phenoxy) is 1. The Kier molecular flexibility index (Phi) is 5.00. The number of carbonyl (C=O) groups is 1. The number of fused-ring (bicyclic) bond motifs is 1. The molecule has 1 aliphatic carbocycles. The van der Waals surface area contributed by atoms with Gasteiger partial charge in [0.2, 0.25) is 0 Å². The topological polar surface area (TPSA) is 76.7 Å². The van der Waals surface area contributed by atoms with E-state index in [9.17, 15) is 14.7 Å². The first-order valence-corrected chi connectivity index (χ1v) is 11.5. The lowest BCUT2D eigenvalue weighted by Gasteiger charge is -2.38. The smallest absolute Gasteiger partial charge is 0.344 e. The maximum Gasteiger partial charge on any atom is 0.344 e. The van der Waals surface area contributed by atoms with E-state index in [1.165, 1.54) is 0 Å². The zero-order valence-electron chi connectivity index (χ0n) is 17.6. The summed E-state index contributed by atoms with van der Waals surface area (Å²) >= 11 is 2.14. The Morgan fingerprint density at radius 3 is 2.50 bits per heavy atom. The number of phenols is 1. The van der Waals surface area contributed by atoms with Gasteiger partial charge >= 0.3 is 5.63 Å². The number of carbonyl (C=O) groups excluding carboxylic acids is 1. The van der Waals surface area contributed by atoms with Gasteiger partial charge in [0.05, 0.1) is 15.1 Å². The van der Waals surface area contributed by atoms with Crippen LogP contribution in [0, 0.1) is 8.99 Å². The molecule has 1 aromatic heterocycles. The summed E-state index contributed by atoms with van der Waals surface area (Å²) in [6.45, 7) is 4.08. The molecule has 1 unspecified atom stereocenters. The summed E-state index contributed by atoms with van der Waals surface area (Å²) in [4.78, 5) is 26.6. The number of aromatic hydroxyl groups is 1. The third kappa shape index (κ3) is 3.46. The highest BCUT2D eigenvalue weighted by molar-refractivity contribution is 14.1. The van der Waals surface area contributed by atoms with Crippen molar-refractivity contribution in [1.29, 1.82) is 0 Å². The number of hydrogen-bond donors (Lipinski definition) is 1. The third-order valence-corrected chi connectivity index (χ3v) is 6.96. The number of benzene rings is 2. The molecule has 1 aliphatic heterocycles. The minimum Gasteiger partial charge on any atom is -0.508 e. The molecule has 0 spiro atoms. The van der Waals surface area contributed by atoms with Crippen molar-refractivity contribution < 1.29 is 19.1 Å². The minimum atomic E-state index is -0.654. The van der Waals surface area contributed by atoms with Gasteiger partial charge in [0, 0.05) is 24.0 Å². The van der Waals surface area contributed by atoms with Crippen LogP contribution in [0.5, 0.6) is 11.5 Å². The van der Waals surface area contributed by atoms with E-state index in [0.29, 0.717) is 50.4 Å². The van der Waals surface area contributed by atoms with Crippen LogP contribution < -0.4 is 10.4 Å². The number of allylic oxidation sites excluding steroid dienone is 2. The first-order chi connectivity index (χ1) is 15.2. The normalized spacial score (nSPS) is 19.2. The van der Waals surface area contributed by atoms with Gasteiger partial charge < -0.3 is 14.3 Å². The van der Waals surface area contributed by atoms with Crippen LogP contribution >= 0.6 is 22.6 Å². The summed E-state index contributed by atoms with van der Waals surface area (Å²) in [5, 5.41) is 10.1. The van der Waals surface area contributed by atoms with Crippen molar-refractivity contribution in [3.05, 3.63) is 91.0 Å². The molecule has 0 saturated heterocycles. The molecule has 0 amide bonds. The molecule has 0 radical (unpaired) electrons. The molecule has 2 aromatic carbocycles. The highest BCUT2D eigenvalue weighted by atomic mass is 127. The molecule has 1 atom stereocenters. The van der Waals surface area contributed by atoms with Crippen molar-refractivity contribution in [1.82, 2.24) is 0 Å². The molecule has 3 aromatic rings. The molecule has 2 aliphatic rings. The lowest BCUT2D eigenvalue weighted by atomic mass is 9.70. The SMILES string of the molecule is CC1(C)CC(=O)C2=C(C1)Oc1c(I)c(-c3ccccc3)oc(=O)c1C2c1cccc(O)c1. The van der Waals surface area contributed by atoms with Crippen molar-refractivity contribution in [3.63, 3.8) is 0 Å². The fourth-order valence-corrected chi connectivity index (χ4v) is 5.45. The van der Waals surface area contributed by atoms with Gasteiger partial charge in [0.15, 0.2) is 17.3 Å². The number of rotatable bonds is 2. The highest BCUT2D eigenvalue weighted by Crippen LogP contribution is 2.51. The van der Waals surface area contributed by atoms with Crippen LogP contribution in [-0.4, -0.2) is 10.9 Å². The maximum atomic E-state index is 13.3. The summed E-state index contributed by atoms with van der Waals surface area (Å²) in [5.74, 6) is 0.833.